The molecule has 48 heavy (non-hydrogen) atoms. The van der Waals surface area contributed by atoms with Crippen molar-refractivity contribution >= 4 is 50.4 Å². The molecule has 0 radical (unpaired) electrons. The number of benzene rings is 2. The lowest BCUT2D eigenvalue weighted by molar-refractivity contribution is -0.135. The summed E-state index contributed by atoms with van der Waals surface area (Å²) in [5.41, 5.74) is 0.807. The molecule has 4 amide bonds. The number of urea groups is 1. The summed E-state index contributed by atoms with van der Waals surface area (Å²) in [6, 6.07) is 8.66. The fraction of sp³-hybridized carbons (Fsp3) is 0.485. The van der Waals surface area contributed by atoms with Gasteiger partial charge in [-0.1, -0.05) is 18.2 Å². The van der Waals surface area contributed by atoms with E-state index in [9.17, 15) is 32.4 Å². The Bertz CT molecular complexity index is 1990. The number of ketones is 1. The number of anilines is 1. The van der Waals surface area contributed by atoms with E-state index in [0.29, 0.717) is 37.0 Å². The third-order valence-corrected chi connectivity index (χ3v) is 11.8. The average molecular weight is 683 g/mol. The first-order valence-corrected chi connectivity index (χ1v) is 17.7. The van der Waals surface area contributed by atoms with Crippen LogP contribution in [-0.2, 0) is 37.2 Å². The largest absolute Gasteiger partial charge is 0.329 e. The lowest BCUT2D eigenvalue weighted by Gasteiger charge is -2.40. The van der Waals surface area contributed by atoms with E-state index in [-0.39, 0.29) is 66.8 Å². The average Bonchev–Trinajstić information content (AvgIpc) is 3.27. The molecule has 15 heteroatoms. The summed E-state index contributed by atoms with van der Waals surface area (Å²) >= 11 is 0. The molecule has 3 aromatic rings. The summed E-state index contributed by atoms with van der Waals surface area (Å²) < 4.78 is 46.3. The van der Waals surface area contributed by atoms with Crippen LogP contribution in [-0.4, -0.2) is 75.6 Å². The van der Waals surface area contributed by atoms with Crippen LogP contribution in [0.25, 0.3) is 11.0 Å². The fourth-order valence-corrected chi connectivity index (χ4v) is 9.20. The summed E-state index contributed by atoms with van der Waals surface area (Å²) in [6.45, 7) is 4.19. The number of amides is 4. The lowest BCUT2D eigenvalue weighted by Crippen LogP contribution is -2.53. The molecule has 1 aromatic heterocycles. The molecule has 6 rings (SSSR count). The van der Waals surface area contributed by atoms with Gasteiger partial charge in [0.15, 0.2) is 5.82 Å². The number of fused-ring (bicyclic) bond motifs is 1. The van der Waals surface area contributed by atoms with E-state index in [0.717, 1.165) is 5.56 Å². The molecule has 0 spiro atoms. The Morgan fingerprint density at radius 3 is 2.42 bits per heavy atom. The second kappa shape index (κ2) is 12.6. The van der Waals surface area contributed by atoms with E-state index in [1.807, 2.05) is 18.2 Å². The number of aromatic nitrogens is 2. The monoisotopic (exact) mass is 682 g/mol. The van der Waals surface area contributed by atoms with Gasteiger partial charge < -0.3 is 10.2 Å². The van der Waals surface area contributed by atoms with Gasteiger partial charge in [0.1, 0.15) is 11.8 Å². The van der Waals surface area contributed by atoms with Crippen LogP contribution >= 0.6 is 0 Å². The van der Waals surface area contributed by atoms with Gasteiger partial charge in [0, 0.05) is 57.0 Å². The first-order chi connectivity index (χ1) is 22.7. The van der Waals surface area contributed by atoms with Crippen molar-refractivity contribution in [1.82, 2.24) is 23.7 Å². The van der Waals surface area contributed by atoms with E-state index in [4.69, 9.17) is 0 Å². The van der Waals surface area contributed by atoms with Crippen LogP contribution in [0.4, 0.5) is 14.9 Å². The molecular formula is C33H39FN6O7S. The van der Waals surface area contributed by atoms with E-state index < -0.39 is 45.1 Å². The zero-order chi connectivity index (χ0) is 34.5. The number of nitrogens with one attached hydrogen (secondary N) is 2. The molecule has 3 fully saturated rings. The van der Waals surface area contributed by atoms with E-state index in [1.165, 1.54) is 31.6 Å². The van der Waals surface area contributed by atoms with Crippen LogP contribution in [0.2, 0.25) is 0 Å². The van der Waals surface area contributed by atoms with Gasteiger partial charge in [-0.05, 0) is 62.8 Å². The van der Waals surface area contributed by atoms with Crippen molar-refractivity contribution in [3.8, 4) is 0 Å². The van der Waals surface area contributed by atoms with Crippen LogP contribution in [0.1, 0.15) is 75.5 Å². The minimum Gasteiger partial charge on any atom is -0.324 e. The minimum atomic E-state index is -3.95. The van der Waals surface area contributed by atoms with Gasteiger partial charge in [0.05, 0.1) is 22.5 Å². The summed E-state index contributed by atoms with van der Waals surface area (Å²) in [6.07, 6.45) is 1.85. The van der Waals surface area contributed by atoms with Crippen molar-refractivity contribution in [1.29, 1.82) is 0 Å². The zero-order valence-corrected chi connectivity index (χ0v) is 27.9. The molecule has 13 nitrogen and oxygen atoms in total. The molecule has 1 atom stereocenters. The Labute approximate surface area is 277 Å². The normalized spacial score (nSPS) is 21.0. The molecular weight excluding hydrogens is 643 g/mol. The molecule has 4 heterocycles. The molecule has 3 saturated heterocycles. The van der Waals surface area contributed by atoms with Crippen molar-refractivity contribution < 1.29 is 32.0 Å². The highest BCUT2D eigenvalue weighted by Gasteiger charge is 2.41. The maximum Gasteiger partial charge on any atom is 0.329 e. The maximum absolute atomic E-state index is 15.6. The van der Waals surface area contributed by atoms with Gasteiger partial charge in [-0.2, -0.15) is 4.31 Å². The number of nitrogens with zero attached hydrogens (tertiary/aromatic N) is 4. The van der Waals surface area contributed by atoms with E-state index in [2.05, 4.69) is 10.6 Å². The van der Waals surface area contributed by atoms with Crippen LogP contribution < -0.4 is 16.3 Å². The number of carbonyl (C=O) groups excluding carboxylic acids is 4. The maximum atomic E-state index is 15.6. The first kappa shape index (κ1) is 33.5. The minimum absolute atomic E-state index is 0.0129. The smallest absolute Gasteiger partial charge is 0.324 e. The zero-order valence-electron chi connectivity index (χ0n) is 27.1. The Kier molecular flexibility index (Phi) is 8.79. The number of imide groups is 1. The highest BCUT2D eigenvalue weighted by Crippen LogP contribution is 2.33. The van der Waals surface area contributed by atoms with Crippen LogP contribution in [0.15, 0.2) is 41.2 Å². The van der Waals surface area contributed by atoms with Crippen LogP contribution in [0, 0.1) is 5.82 Å². The number of hydrogen-bond donors (Lipinski definition) is 2. The Morgan fingerprint density at radius 1 is 1.00 bits per heavy atom. The molecule has 0 bridgehead atoms. The molecule has 2 aromatic carbocycles. The predicted molar refractivity (Wildman–Crippen MR) is 175 cm³/mol. The third kappa shape index (κ3) is 6.28. The number of rotatable bonds is 6. The van der Waals surface area contributed by atoms with Crippen molar-refractivity contribution in [3.05, 3.63) is 63.8 Å². The van der Waals surface area contributed by atoms with Crippen molar-refractivity contribution in [2.75, 3.05) is 25.0 Å². The molecule has 0 aliphatic carbocycles. The molecule has 2 N–H and O–H groups in total. The number of hydrogen-bond acceptors (Lipinski definition) is 7. The summed E-state index contributed by atoms with van der Waals surface area (Å²) in [4.78, 5) is 63.9. The van der Waals surface area contributed by atoms with Crippen LogP contribution in [0.3, 0.4) is 0 Å². The number of Topliss-reactive ketones (excluding diaryl/α,β-unsaturated/α-hetero) is 1. The Hall–Kier alpha value is -4.37. The van der Waals surface area contributed by atoms with Gasteiger partial charge in [-0.15, -0.1) is 0 Å². The second-order valence-corrected chi connectivity index (χ2v) is 15.4. The second-order valence-electron chi connectivity index (χ2n) is 13.5. The lowest BCUT2D eigenvalue weighted by atomic mass is 9.89. The first-order valence-electron chi connectivity index (χ1n) is 16.1. The molecule has 3 aliphatic rings. The third-order valence-electron chi connectivity index (χ3n) is 9.78. The molecule has 3 aliphatic heterocycles. The molecule has 256 valence electrons. The van der Waals surface area contributed by atoms with Gasteiger partial charge in [-0.25, -0.2) is 22.4 Å². The van der Waals surface area contributed by atoms with Gasteiger partial charge in [0.2, 0.25) is 21.8 Å². The fourth-order valence-electron chi connectivity index (χ4n) is 7.24. The Morgan fingerprint density at radius 2 is 1.73 bits per heavy atom. The molecule has 1 unspecified atom stereocenters. The number of likely N-dealkylation sites (tertiary alicyclic amines) is 1. The predicted octanol–water partition coefficient (Wildman–Crippen LogP) is 3.14. The van der Waals surface area contributed by atoms with E-state index in [1.54, 1.807) is 25.8 Å². The number of sulfonamides is 1. The van der Waals surface area contributed by atoms with Crippen molar-refractivity contribution in [2.24, 2.45) is 7.05 Å². The van der Waals surface area contributed by atoms with E-state index >= 15 is 4.39 Å². The number of halogens is 1. The SMILES string of the molecule is Cn1c(=O)n(C2CCC(=O)NC2=O)c2ccc(C3CCN(C(=O)Nc4cccc(CS(=O)(=O)N5CCC(=O)CC5(C)C)c4F)CC3)cc21. The Balaban J connectivity index is 1.11. The summed E-state index contributed by atoms with van der Waals surface area (Å²) in [5, 5.41) is 4.92. The number of aryl methyl sites for hydroxylation is 1. The van der Waals surface area contributed by atoms with Crippen LogP contribution in [0.5, 0.6) is 0 Å². The quantitative estimate of drug-likeness (QED) is 0.378. The van der Waals surface area contributed by atoms with Gasteiger partial charge in [0.25, 0.3) is 0 Å². The summed E-state index contributed by atoms with van der Waals surface area (Å²) in [7, 11) is -2.31. The van der Waals surface area contributed by atoms with Crippen molar-refractivity contribution in [2.45, 2.75) is 75.6 Å². The number of carbonyl (C=O) groups is 4. The standard InChI is InChI=1S/C33H39FN6O7S/c1-33(2)18-23(41)13-16-39(33)48(46,47)19-22-5-4-6-24(29(22)34)35-31(44)38-14-11-20(12-15-38)21-7-8-25-27(17-21)37(3)32(45)40(25)26-9-10-28(42)36-30(26)43/h4-8,17,20,26H,9-16,18-19H2,1-3H3,(H,35,44)(H,36,42,43). The number of piperidine rings is 3. The molecule has 0 saturated carbocycles. The summed E-state index contributed by atoms with van der Waals surface area (Å²) in [5.74, 6) is -2.19. The van der Waals surface area contributed by atoms with Gasteiger partial charge in [-0.3, -0.25) is 28.8 Å². The highest BCUT2D eigenvalue weighted by molar-refractivity contribution is 7.88. The van der Waals surface area contributed by atoms with Crippen molar-refractivity contribution in [3.63, 3.8) is 0 Å². The topological polar surface area (TPSA) is 160 Å². The van der Waals surface area contributed by atoms with Gasteiger partial charge >= 0.3 is 11.7 Å². The highest BCUT2D eigenvalue weighted by atomic mass is 32.2. The number of imidazole rings is 1.